The Morgan fingerprint density at radius 3 is 2.95 bits per heavy atom. The molecule has 120 valence electrons. The van der Waals surface area contributed by atoms with E-state index in [1.807, 2.05) is 6.92 Å². The van der Waals surface area contributed by atoms with E-state index < -0.39 is 10.0 Å². The molecule has 1 fully saturated rings. The van der Waals surface area contributed by atoms with Crippen molar-refractivity contribution in [3.05, 3.63) is 11.8 Å². The fourth-order valence-corrected chi connectivity index (χ4v) is 4.04. The van der Waals surface area contributed by atoms with Gasteiger partial charge in [0.15, 0.2) is 5.03 Å². The van der Waals surface area contributed by atoms with Gasteiger partial charge in [0.2, 0.25) is 0 Å². The molecular formula is C13H25N5O2S. The number of sulfonamides is 1. The lowest BCUT2D eigenvalue weighted by molar-refractivity contribution is 0.356. The van der Waals surface area contributed by atoms with Gasteiger partial charge in [-0.3, -0.25) is 5.10 Å². The normalized spacial score (nSPS) is 20.5. The highest BCUT2D eigenvalue weighted by Crippen LogP contribution is 2.21. The molecule has 2 N–H and O–H groups in total. The van der Waals surface area contributed by atoms with Gasteiger partial charge < -0.3 is 10.2 Å². The topological polar surface area (TPSA) is 81.3 Å². The number of nitrogens with zero attached hydrogens (tertiary/aromatic N) is 3. The Balaban J connectivity index is 2.08. The molecule has 2 heterocycles. The second-order valence-corrected chi connectivity index (χ2v) is 7.69. The summed E-state index contributed by atoms with van der Waals surface area (Å²) in [5, 5.41) is 9.87. The molecule has 1 aromatic rings. The molecule has 21 heavy (non-hydrogen) atoms. The van der Waals surface area contributed by atoms with Gasteiger partial charge in [0.05, 0.1) is 6.20 Å². The summed E-state index contributed by atoms with van der Waals surface area (Å²) in [5.41, 5.74) is 0.687. The van der Waals surface area contributed by atoms with Crippen LogP contribution >= 0.6 is 0 Å². The summed E-state index contributed by atoms with van der Waals surface area (Å²) in [6.45, 7) is 5.81. The Morgan fingerprint density at radius 1 is 1.57 bits per heavy atom. The average molecular weight is 315 g/mol. The number of likely N-dealkylation sites (tertiary alicyclic amines) is 1. The van der Waals surface area contributed by atoms with Gasteiger partial charge >= 0.3 is 0 Å². The molecule has 1 aliphatic heterocycles. The molecule has 1 atom stereocenters. The SMILES string of the molecule is CCNCc1cn[nH]c1S(=O)(=O)N(C)CC1CCN(C)C1. The fourth-order valence-electron chi connectivity index (χ4n) is 2.70. The lowest BCUT2D eigenvalue weighted by atomic mass is 10.1. The van der Waals surface area contributed by atoms with Crippen LogP contribution in [0.1, 0.15) is 18.9 Å². The van der Waals surface area contributed by atoms with Crippen molar-refractivity contribution in [3.63, 3.8) is 0 Å². The number of aromatic nitrogens is 2. The first-order valence-electron chi connectivity index (χ1n) is 7.33. The third kappa shape index (κ3) is 3.82. The molecule has 2 rings (SSSR count). The quantitative estimate of drug-likeness (QED) is 0.745. The summed E-state index contributed by atoms with van der Waals surface area (Å²) in [6, 6.07) is 0. The van der Waals surface area contributed by atoms with Crippen LogP contribution in [-0.2, 0) is 16.6 Å². The largest absolute Gasteiger partial charge is 0.313 e. The summed E-state index contributed by atoms with van der Waals surface area (Å²) in [6.07, 6.45) is 2.62. The molecule has 0 saturated carbocycles. The van der Waals surface area contributed by atoms with E-state index in [4.69, 9.17) is 0 Å². The lowest BCUT2D eigenvalue weighted by Gasteiger charge is -2.20. The molecule has 1 aromatic heterocycles. The van der Waals surface area contributed by atoms with E-state index in [2.05, 4.69) is 27.5 Å². The molecule has 1 aliphatic rings. The number of rotatable bonds is 7. The Hall–Kier alpha value is -0.960. The van der Waals surface area contributed by atoms with Crippen molar-refractivity contribution in [2.24, 2.45) is 5.92 Å². The average Bonchev–Trinajstić information content (AvgIpc) is 3.05. The highest BCUT2D eigenvalue weighted by molar-refractivity contribution is 7.89. The molecule has 1 unspecified atom stereocenters. The molecule has 0 aromatic carbocycles. The number of hydrogen-bond acceptors (Lipinski definition) is 5. The second-order valence-electron chi connectivity index (χ2n) is 5.71. The van der Waals surface area contributed by atoms with Crippen molar-refractivity contribution >= 4 is 10.0 Å². The first-order valence-corrected chi connectivity index (χ1v) is 8.77. The van der Waals surface area contributed by atoms with Gasteiger partial charge in [-0.15, -0.1) is 0 Å². The highest BCUT2D eigenvalue weighted by Gasteiger charge is 2.29. The van der Waals surface area contributed by atoms with E-state index in [1.54, 1.807) is 13.2 Å². The molecular weight excluding hydrogens is 290 g/mol. The van der Waals surface area contributed by atoms with Crippen molar-refractivity contribution in [1.29, 1.82) is 0 Å². The molecule has 7 nitrogen and oxygen atoms in total. The Labute approximate surface area is 126 Å². The van der Waals surface area contributed by atoms with Crippen LogP contribution in [0.4, 0.5) is 0 Å². The van der Waals surface area contributed by atoms with E-state index in [0.29, 0.717) is 24.6 Å². The van der Waals surface area contributed by atoms with Crippen LogP contribution in [0.25, 0.3) is 0 Å². The van der Waals surface area contributed by atoms with E-state index in [1.165, 1.54) is 4.31 Å². The van der Waals surface area contributed by atoms with Gasteiger partial charge in [-0.2, -0.15) is 9.40 Å². The monoisotopic (exact) mass is 315 g/mol. The zero-order chi connectivity index (χ0) is 15.5. The van der Waals surface area contributed by atoms with Crippen molar-refractivity contribution in [2.75, 3.05) is 40.3 Å². The molecule has 1 saturated heterocycles. The van der Waals surface area contributed by atoms with E-state index in [0.717, 1.165) is 26.1 Å². The van der Waals surface area contributed by atoms with Crippen molar-refractivity contribution in [2.45, 2.75) is 24.9 Å². The maximum atomic E-state index is 12.7. The van der Waals surface area contributed by atoms with E-state index >= 15 is 0 Å². The van der Waals surface area contributed by atoms with Crippen LogP contribution in [0, 0.1) is 5.92 Å². The highest BCUT2D eigenvalue weighted by atomic mass is 32.2. The van der Waals surface area contributed by atoms with Gasteiger partial charge in [0.1, 0.15) is 0 Å². The minimum absolute atomic E-state index is 0.206. The van der Waals surface area contributed by atoms with Crippen molar-refractivity contribution in [1.82, 2.24) is 24.7 Å². The van der Waals surface area contributed by atoms with Gasteiger partial charge in [0.25, 0.3) is 10.0 Å². The predicted octanol–water partition coefficient (Wildman–Crippen LogP) is 0.0914. The zero-order valence-electron chi connectivity index (χ0n) is 13.0. The Bertz CT molecular complexity index is 557. The van der Waals surface area contributed by atoms with Crippen LogP contribution in [0.3, 0.4) is 0 Å². The first kappa shape index (κ1) is 16.4. The van der Waals surface area contributed by atoms with Crippen LogP contribution in [0.15, 0.2) is 11.2 Å². The van der Waals surface area contributed by atoms with Crippen LogP contribution in [0.5, 0.6) is 0 Å². The Morgan fingerprint density at radius 2 is 2.33 bits per heavy atom. The first-order chi connectivity index (χ1) is 9.95. The van der Waals surface area contributed by atoms with Crippen LogP contribution in [0.2, 0.25) is 0 Å². The van der Waals surface area contributed by atoms with Crippen LogP contribution in [-0.4, -0.2) is 68.1 Å². The Kier molecular flexibility index (Phi) is 5.37. The lowest BCUT2D eigenvalue weighted by Crippen LogP contribution is -2.33. The summed E-state index contributed by atoms with van der Waals surface area (Å²) in [5.74, 6) is 0.398. The predicted molar refractivity (Wildman–Crippen MR) is 81.4 cm³/mol. The van der Waals surface area contributed by atoms with Crippen molar-refractivity contribution in [3.8, 4) is 0 Å². The minimum atomic E-state index is -3.50. The van der Waals surface area contributed by atoms with E-state index in [-0.39, 0.29) is 5.03 Å². The molecule has 0 bridgehead atoms. The summed E-state index contributed by atoms with van der Waals surface area (Å²) < 4.78 is 26.8. The third-order valence-corrected chi connectivity index (χ3v) is 5.76. The summed E-state index contributed by atoms with van der Waals surface area (Å²) in [4.78, 5) is 2.23. The van der Waals surface area contributed by atoms with Crippen LogP contribution < -0.4 is 5.32 Å². The minimum Gasteiger partial charge on any atom is -0.313 e. The van der Waals surface area contributed by atoms with Gasteiger partial charge in [0, 0.05) is 32.2 Å². The zero-order valence-corrected chi connectivity index (χ0v) is 13.8. The number of aromatic amines is 1. The fraction of sp³-hybridized carbons (Fsp3) is 0.769. The van der Waals surface area contributed by atoms with E-state index in [9.17, 15) is 8.42 Å². The smallest absolute Gasteiger partial charge is 0.260 e. The molecule has 0 amide bonds. The maximum Gasteiger partial charge on any atom is 0.260 e. The third-order valence-electron chi connectivity index (χ3n) is 3.92. The molecule has 0 spiro atoms. The van der Waals surface area contributed by atoms with Gasteiger partial charge in [-0.05, 0) is 32.5 Å². The molecule has 0 radical (unpaired) electrons. The standard InChI is InChI=1S/C13H25N5O2S/c1-4-14-7-12-8-15-16-13(12)21(19,20)18(3)10-11-5-6-17(2)9-11/h8,11,14H,4-7,9-10H2,1-3H3,(H,15,16). The second kappa shape index (κ2) is 6.87. The van der Waals surface area contributed by atoms with Gasteiger partial charge in [-0.1, -0.05) is 6.92 Å². The number of nitrogens with one attached hydrogen (secondary N) is 2. The number of H-pyrrole nitrogens is 1. The number of hydrogen-bond donors (Lipinski definition) is 2. The maximum absolute atomic E-state index is 12.7. The summed E-state index contributed by atoms with van der Waals surface area (Å²) in [7, 11) is 0.207. The summed E-state index contributed by atoms with van der Waals surface area (Å²) >= 11 is 0. The molecule has 8 heteroatoms. The van der Waals surface area contributed by atoms with Crippen molar-refractivity contribution < 1.29 is 8.42 Å². The molecule has 0 aliphatic carbocycles. The van der Waals surface area contributed by atoms with Gasteiger partial charge in [-0.25, -0.2) is 8.42 Å².